The van der Waals surface area contributed by atoms with Crippen LogP contribution in [-0.2, 0) is 4.79 Å². The van der Waals surface area contributed by atoms with Crippen molar-refractivity contribution in [3.8, 4) is 0 Å². The van der Waals surface area contributed by atoms with Crippen LogP contribution in [0.5, 0.6) is 0 Å². The molecule has 0 aromatic heterocycles. The van der Waals surface area contributed by atoms with E-state index >= 15 is 0 Å². The lowest BCUT2D eigenvalue weighted by atomic mass is 9.70. The number of hydrogen-bond donors (Lipinski definition) is 4. The number of rotatable bonds is 8. The van der Waals surface area contributed by atoms with Crippen LogP contribution >= 0.6 is 0 Å². The lowest BCUT2D eigenvalue weighted by molar-refractivity contribution is -0.131. The van der Waals surface area contributed by atoms with E-state index in [4.69, 9.17) is 5.41 Å². The van der Waals surface area contributed by atoms with E-state index in [1.54, 1.807) is 12.1 Å². The van der Waals surface area contributed by atoms with E-state index in [2.05, 4.69) is 10.6 Å². The molecule has 1 aliphatic carbocycles. The summed E-state index contributed by atoms with van der Waals surface area (Å²) >= 11 is 0. The SMILES string of the molecule is CC(C)(C(=O)N[C@@H]1CCC[C@H]1O)[C@@H](c1ccccc1)c1ccc(Nc2ccc(F)cc2)c(C=N)c1. The highest BCUT2D eigenvalue weighted by molar-refractivity contribution is 5.88. The Morgan fingerprint density at radius 1 is 1.06 bits per heavy atom. The molecule has 0 spiro atoms. The number of benzene rings is 3. The van der Waals surface area contributed by atoms with Crippen molar-refractivity contribution in [2.45, 2.75) is 51.2 Å². The van der Waals surface area contributed by atoms with Crippen molar-refractivity contribution in [3.63, 3.8) is 0 Å². The van der Waals surface area contributed by atoms with E-state index in [0.29, 0.717) is 12.0 Å². The van der Waals surface area contributed by atoms with Gasteiger partial charge in [0.2, 0.25) is 5.91 Å². The lowest BCUT2D eigenvalue weighted by Crippen LogP contribution is -2.48. The highest BCUT2D eigenvalue weighted by atomic mass is 19.1. The fourth-order valence-corrected chi connectivity index (χ4v) is 4.95. The topological polar surface area (TPSA) is 85.2 Å². The highest BCUT2D eigenvalue weighted by Crippen LogP contribution is 2.42. The van der Waals surface area contributed by atoms with Gasteiger partial charge in [-0.05, 0) is 66.8 Å². The predicted octanol–water partition coefficient (Wildman–Crippen LogP) is 5.75. The van der Waals surface area contributed by atoms with Gasteiger partial charge < -0.3 is 21.1 Å². The van der Waals surface area contributed by atoms with Crippen molar-refractivity contribution >= 4 is 23.5 Å². The van der Waals surface area contributed by atoms with Gasteiger partial charge >= 0.3 is 0 Å². The summed E-state index contributed by atoms with van der Waals surface area (Å²) in [5.41, 5.74) is 3.18. The van der Waals surface area contributed by atoms with Gasteiger partial charge in [-0.2, -0.15) is 0 Å². The molecular formula is C29H32FN3O2. The highest BCUT2D eigenvalue weighted by Gasteiger charge is 2.41. The summed E-state index contributed by atoms with van der Waals surface area (Å²) in [6.07, 6.45) is 3.16. The molecule has 0 bridgehead atoms. The van der Waals surface area contributed by atoms with Gasteiger partial charge in [-0.3, -0.25) is 4.79 Å². The second kappa shape index (κ2) is 10.4. The normalized spacial score (nSPS) is 18.6. The number of nitrogens with one attached hydrogen (secondary N) is 3. The van der Waals surface area contributed by atoms with Gasteiger partial charge in [-0.15, -0.1) is 0 Å². The quantitative estimate of drug-likeness (QED) is 0.314. The van der Waals surface area contributed by atoms with Gasteiger partial charge in [0.1, 0.15) is 5.82 Å². The van der Waals surface area contributed by atoms with Crippen LogP contribution in [0, 0.1) is 16.6 Å². The van der Waals surface area contributed by atoms with E-state index in [1.165, 1.54) is 18.3 Å². The lowest BCUT2D eigenvalue weighted by Gasteiger charge is -2.35. The molecule has 1 amide bonds. The van der Waals surface area contributed by atoms with Crippen molar-refractivity contribution in [1.82, 2.24) is 5.32 Å². The van der Waals surface area contributed by atoms with Gasteiger partial charge in [0.05, 0.1) is 17.6 Å². The first kappa shape index (κ1) is 24.6. The first-order chi connectivity index (χ1) is 16.8. The zero-order chi connectivity index (χ0) is 25.0. The van der Waals surface area contributed by atoms with Crippen molar-refractivity contribution in [2.75, 3.05) is 5.32 Å². The van der Waals surface area contributed by atoms with Crippen molar-refractivity contribution < 1.29 is 14.3 Å². The molecule has 4 N–H and O–H groups in total. The zero-order valence-corrected chi connectivity index (χ0v) is 20.1. The Morgan fingerprint density at radius 2 is 1.77 bits per heavy atom. The van der Waals surface area contributed by atoms with Crippen LogP contribution in [0.25, 0.3) is 0 Å². The Bertz CT molecular complexity index is 1180. The second-order valence-corrected chi connectivity index (χ2v) is 9.77. The van der Waals surface area contributed by atoms with Crippen LogP contribution < -0.4 is 10.6 Å². The Kier molecular flexibility index (Phi) is 7.31. The standard InChI is InChI=1S/C29H32FN3O2/c1-29(2,28(35)33-25-9-6-10-26(25)34)27(19-7-4-3-5-8-19)20-11-16-24(21(17-20)18-31)32-23-14-12-22(30)13-15-23/h3-5,7-8,11-18,25-27,31-32,34H,6,9-10H2,1-2H3,(H,33,35)/t25-,26-,27+/m1/s1. The number of amides is 1. The third-order valence-corrected chi connectivity index (χ3v) is 6.92. The van der Waals surface area contributed by atoms with E-state index in [1.807, 2.05) is 62.4 Å². The minimum Gasteiger partial charge on any atom is -0.391 e. The molecule has 0 unspecified atom stereocenters. The van der Waals surface area contributed by atoms with Gasteiger partial charge in [0, 0.05) is 29.1 Å². The Hall–Kier alpha value is -3.51. The van der Waals surface area contributed by atoms with Crippen molar-refractivity contribution in [3.05, 3.63) is 95.3 Å². The number of carbonyl (C=O) groups excluding carboxylic acids is 1. The summed E-state index contributed by atoms with van der Waals surface area (Å²) < 4.78 is 13.3. The molecule has 182 valence electrons. The van der Waals surface area contributed by atoms with Crippen molar-refractivity contribution in [1.29, 1.82) is 5.41 Å². The third-order valence-electron chi connectivity index (χ3n) is 6.92. The minimum atomic E-state index is -0.825. The molecular weight excluding hydrogens is 441 g/mol. The molecule has 0 aliphatic heterocycles. The second-order valence-electron chi connectivity index (χ2n) is 9.77. The Labute approximate surface area is 205 Å². The van der Waals surface area contributed by atoms with E-state index in [0.717, 1.165) is 35.3 Å². The summed E-state index contributed by atoms with van der Waals surface area (Å²) in [5.74, 6) is -0.697. The summed E-state index contributed by atoms with van der Waals surface area (Å²) in [7, 11) is 0. The summed E-state index contributed by atoms with van der Waals surface area (Å²) in [6.45, 7) is 3.85. The van der Waals surface area contributed by atoms with Gasteiger partial charge in [-0.25, -0.2) is 4.39 Å². The van der Waals surface area contributed by atoms with Crippen LogP contribution in [0.1, 0.15) is 55.7 Å². The summed E-state index contributed by atoms with van der Waals surface area (Å²) in [5, 5.41) is 24.6. The average Bonchev–Trinajstić information content (AvgIpc) is 3.26. The molecule has 6 heteroatoms. The third kappa shape index (κ3) is 5.43. The smallest absolute Gasteiger partial charge is 0.226 e. The zero-order valence-electron chi connectivity index (χ0n) is 20.1. The predicted molar refractivity (Wildman–Crippen MR) is 138 cm³/mol. The molecule has 1 fully saturated rings. The van der Waals surface area contributed by atoms with Crippen molar-refractivity contribution in [2.24, 2.45) is 5.41 Å². The molecule has 1 saturated carbocycles. The molecule has 5 nitrogen and oxygen atoms in total. The van der Waals surface area contributed by atoms with E-state index < -0.39 is 11.5 Å². The number of carbonyl (C=O) groups is 1. The molecule has 0 saturated heterocycles. The Balaban J connectivity index is 1.69. The summed E-state index contributed by atoms with van der Waals surface area (Å²) in [6, 6.07) is 21.5. The summed E-state index contributed by atoms with van der Waals surface area (Å²) in [4.78, 5) is 13.5. The van der Waals surface area contributed by atoms with Crippen LogP contribution in [0.15, 0.2) is 72.8 Å². The maximum Gasteiger partial charge on any atom is 0.226 e. The number of anilines is 2. The first-order valence-electron chi connectivity index (χ1n) is 12.0. The monoisotopic (exact) mass is 473 g/mol. The maximum atomic E-state index is 13.5. The fraction of sp³-hybridized carbons (Fsp3) is 0.310. The molecule has 0 heterocycles. The minimum absolute atomic E-state index is 0.109. The van der Waals surface area contributed by atoms with Gasteiger partial charge in [-0.1, -0.05) is 50.2 Å². The van der Waals surface area contributed by atoms with Crippen LogP contribution in [0.4, 0.5) is 15.8 Å². The Morgan fingerprint density at radius 3 is 2.40 bits per heavy atom. The molecule has 4 rings (SSSR count). The van der Waals surface area contributed by atoms with E-state index in [-0.39, 0.29) is 23.7 Å². The molecule has 3 aromatic carbocycles. The van der Waals surface area contributed by atoms with Crippen LogP contribution in [-0.4, -0.2) is 29.4 Å². The number of aliphatic hydroxyl groups excluding tert-OH is 1. The molecule has 3 aromatic rings. The largest absolute Gasteiger partial charge is 0.391 e. The molecule has 35 heavy (non-hydrogen) atoms. The average molecular weight is 474 g/mol. The maximum absolute atomic E-state index is 13.5. The molecule has 0 radical (unpaired) electrons. The van der Waals surface area contributed by atoms with E-state index in [9.17, 15) is 14.3 Å². The fourth-order valence-electron chi connectivity index (χ4n) is 4.95. The number of aliphatic hydroxyl groups is 1. The van der Waals surface area contributed by atoms with Gasteiger partial charge in [0.25, 0.3) is 0 Å². The van der Waals surface area contributed by atoms with Crippen LogP contribution in [0.2, 0.25) is 0 Å². The molecule has 1 aliphatic rings. The van der Waals surface area contributed by atoms with Crippen LogP contribution in [0.3, 0.4) is 0 Å². The molecule has 3 atom stereocenters. The number of halogens is 1. The first-order valence-corrected chi connectivity index (χ1v) is 12.0. The number of hydrogen-bond acceptors (Lipinski definition) is 4. The van der Waals surface area contributed by atoms with Gasteiger partial charge in [0.15, 0.2) is 0 Å².